The van der Waals surface area contributed by atoms with Gasteiger partial charge in [-0.05, 0) is 30.2 Å². The lowest BCUT2D eigenvalue weighted by Gasteiger charge is -2.08. The number of rotatable bonds is 13. The molecule has 2 N–H and O–H groups in total. The summed E-state index contributed by atoms with van der Waals surface area (Å²) < 4.78 is 7.47. The number of hydrogen-bond acceptors (Lipinski definition) is 8. The van der Waals surface area contributed by atoms with E-state index in [-0.39, 0.29) is 12.3 Å². The van der Waals surface area contributed by atoms with Crippen molar-refractivity contribution in [2.45, 2.75) is 50.4 Å². The molecule has 0 aliphatic heterocycles. The van der Waals surface area contributed by atoms with Crippen LogP contribution in [-0.4, -0.2) is 46.6 Å². The molecule has 0 fully saturated rings. The van der Waals surface area contributed by atoms with Gasteiger partial charge in [0.2, 0.25) is 11.7 Å². The quantitative estimate of drug-likeness (QED) is 0.235. The minimum absolute atomic E-state index is 0.239. The molecule has 3 heterocycles. The molecular formula is C22H26N8O2S. The van der Waals surface area contributed by atoms with Gasteiger partial charge in [-0.1, -0.05) is 48.5 Å². The van der Waals surface area contributed by atoms with Gasteiger partial charge in [0.05, 0.1) is 19.4 Å². The largest absolute Gasteiger partial charge is 0.467 e. The maximum Gasteiger partial charge on any atom is 0.217 e. The van der Waals surface area contributed by atoms with Crippen LogP contribution in [0.3, 0.4) is 0 Å². The topological polar surface area (TPSA) is 131 Å². The number of benzene rings is 1. The summed E-state index contributed by atoms with van der Waals surface area (Å²) in [6, 6.07) is 13.6. The molecule has 3 aromatic heterocycles. The van der Waals surface area contributed by atoms with Crippen LogP contribution in [0.4, 0.5) is 0 Å². The molecule has 0 spiro atoms. The summed E-state index contributed by atoms with van der Waals surface area (Å²) in [6.07, 6.45) is 5.37. The highest BCUT2D eigenvalue weighted by molar-refractivity contribution is 7.99. The van der Waals surface area contributed by atoms with E-state index in [4.69, 9.17) is 10.2 Å². The number of thioether (sulfide) groups is 1. The minimum Gasteiger partial charge on any atom is -0.467 e. The van der Waals surface area contributed by atoms with E-state index in [2.05, 4.69) is 25.6 Å². The van der Waals surface area contributed by atoms with Gasteiger partial charge in [-0.25, -0.2) is 0 Å². The first-order chi connectivity index (χ1) is 16.2. The zero-order valence-electron chi connectivity index (χ0n) is 18.2. The molecule has 1 aromatic carbocycles. The van der Waals surface area contributed by atoms with Crippen molar-refractivity contribution in [3.8, 4) is 11.4 Å². The third kappa shape index (κ3) is 6.51. The van der Waals surface area contributed by atoms with Crippen LogP contribution in [-0.2, 0) is 24.3 Å². The van der Waals surface area contributed by atoms with Crippen molar-refractivity contribution in [3.05, 3.63) is 60.3 Å². The summed E-state index contributed by atoms with van der Waals surface area (Å²) in [5, 5.41) is 22.1. The van der Waals surface area contributed by atoms with Gasteiger partial charge < -0.3 is 10.2 Å². The van der Waals surface area contributed by atoms with Crippen molar-refractivity contribution in [3.63, 3.8) is 0 Å². The Bertz CT molecular complexity index is 1140. The molecule has 172 valence electrons. The van der Waals surface area contributed by atoms with Gasteiger partial charge in [0.15, 0.2) is 5.16 Å². The number of aromatic nitrogens is 7. The lowest BCUT2D eigenvalue weighted by atomic mass is 10.2. The van der Waals surface area contributed by atoms with E-state index in [9.17, 15) is 4.79 Å². The Morgan fingerprint density at radius 3 is 2.70 bits per heavy atom. The van der Waals surface area contributed by atoms with E-state index in [0.29, 0.717) is 18.8 Å². The monoisotopic (exact) mass is 466 g/mol. The maximum atomic E-state index is 11.2. The number of tetrazole rings is 1. The van der Waals surface area contributed by atoms with Crippen LogP contribution in [0.25, 0.3) is 11.4 Å². The van der Waals surface area contributed by atoms with Gasteiger partial charge in [-0.15, -0.1) is 20.4 Å². The molecule has 0 atom stereocenters. The van der Waals surface area contributed by atoms with Crippen molar-refractivity contribution >= 4 is 17.7 Å². The normalized spacial score (nSPS) is 11.2. The highest BCUT2D eigenvalue weighted by Crippen LogP contribution is 2.21. The van der Waals surface area contributed by atoms with Crippen LogP contribution in [0.15, 0.2) is 58.3 Å². The molecule has 10 nitrogen and oxygen atoms in total. The zero-order chi connectivity index (χ0) is 22.9. The average Bonchev–Trinajstić information content (AvgIpc) is 3.58. The van der Waals surface area contributed by atoms with Crippen molar-refractivity contribution in [1.82, 2.24) is 35.0 Å². The predicted octanol–water partition coefficient (Wildman–Crippen LogP) is 2.95. The molecular weight excluding hydrogens is 440 g/mol. The van der Waals surface area contributed by atoms with E-state index in [1.165, 1.54) is 0 Å². The van der Waals surface area contributed by atoms with Gasteiger partial charge in [0, 0.05) is 24.2 Å². The third-order valence-corrected chi connectivity index (χ3v) is 6.05. The summed E-state index contributed by atoms with van der Waals surface area (Å²) in [4.78, 5) is 12.8. The fourth-order valence-electron chi connectivity index (χ4n) is 3.30. The molecule has 0 radical (unpaired) electrons. The van der Waals surface area contributed by atoms with E-state index < -0.39 is 0 Å². The van der Waals surface area contributed by atoms with Gasteiger partial charge in [-0.3, -0.25) is 9.36 Å². The van der Waals surface area contributed by atoms with Crippen LogP contribution < -0.4 is 5.73 Å². The number of carbonyl (C=O) groups is 1. The minimum atomic E-state index is -0.352. The van der Waals surface area contributed by atoms with E-state index >= 15 is 0 Å². The molecule has 4 aromatic rings. The summed E-state index contributed by atoms with van der Waals surface area (Å²) >= 11 is 1.65. The summed E-state index contributed by atoms with van der Waals surface area (Å²) in [7, 11) is 0. The van der Waals surface area contributed by atoms with Gasteiger partial charge in [0.1, 0.15) is 11.6 Å². The lowest BCUT2D eigenvalue weighted by molar-refractivity contribution is -0.118. The Morgan fingerprint density at radius 2 is 1.91 bits per heavy atom. The number of hydrogen-bond donors (Lipinski definition) is 1. The zero-order valence-corrected chi connectivity index (χ0v) is 19.0. The number of nitrogens with two attached hydrogens (primary N) is 1. The molecule has 1 amide bonds. The van der Waals surface area contributed by atoms with Crippen LogP contribution in [0.5, 0.6) is 0 Å². The fourth-order valence-corrected chi connectivity index (χ4v) is 4.25. The van der Waals surface area contributed by atoms with Crippen LogP contribution >= 0.6 is 11.8 Å². The molecule has 0 aliphatic rings. The lowest BCUT2D eigenvalue weighted by Crippen LogP contribution is -2.14. The second-order valence-electron chi connectivity index (χ2n) is 7.51. The molecule has 0 bridgehead atoms. The van der Waals surface area contributed by atoms with E-state index in [1.54, 1.807) is 22.8 Å². The Labute approximate surface area is 195 Å². The molecule has 0 aliphatic carbocycles. The first-order valence-corrected chi connectivity index (χ1v) is 11.9. The van der Waals surface area contributed by atoms with Crippen molar-refractivity contribution in [1.29, 1.82) is 0 Å². The maximum absolute atomic E-state index is 11.2. The number of aryl methyl sites for hydroxylation is 2. The Kier molecular flexibility index (Phi) is 7.85. The standard InChI is InChI=1S/C22H26N8O2S/c23-19(31)11-12-20-24-26-22(29(20)16-18-10-7-14-32-18)33-15-6-2-5-13-30-27-21(25-28-30)17-8-3-1-4-9-17/h1,3-4,7-10,14H,2,5-6,11-13,15-16H2,(H2,23,31). The van der Waals surface area contributed by atoms with Crippen LogP contribution in [0.1, 0.15) is 37.3 Å². The van der Waals surface area contributed by atoms with Crippen molar-refractivity contribution < 1.29 is 9.21 Å². The smallest absolute Gasteiger partial charge is 0.217 e. The fraction of sp³-hybridized carbons (Fsp3) is 0.364. The molecule has 0 unspecified atom stereocenters. The van der Waals surface area contributed by atoms with Gasteiger partial charge in [0.25, 0.3) is 0 Å². The number of amides is 1. The Morgan fingerprint density at radius 1 is 1.03 bits per heavy atom. The number of furan rings is 1. The van der Waals surface area contributed by atoms with Crippen molar-refractivity contribution in [2.24, 2.45) is 5.73 Å². The number of primary amides is 1. The van der Waals surface area contributed by atoms with Crippen LogP contribution in [0, 0.1) is 0 Å². The summed E-state index contributed by atoms with van der Waals surface area (Å²) in [5.41, 5.74) is 6.26. The van der Waals surface area contributed by atoms with Gasteiger partial charge in [-0.2, -0.15) is 4.80 Å². The first kappa shape index (κ1) is 22.7. The second kappa shape index (κ2) is 11.4. The second-order valence-corrected chi connectivity index (χ2v) is 8.58. The SMILES string of the molecule is NC(=O)CCc1nnc(SCCCCCn2nnc(-c3ccccc3)n2)n1Cc1ccco1. The Balaban J connectivity index is 1.24. The number of carbonyl (C=O) groups excluding carboxylic acids is 1. The van der Waals surface area contributed by atoms with Gasteiger partial charge >= 0.3 is 0 Å². The number of nitrogens with zero attached hydrogens (tertiary/aromatic N) is 7. The molecule has 0 saturated carbocycles. The highest BCUT2D eigenvalue weighted by Gasteiger charge is 2.15. The third-order valence-electron chi connectivity index (χ3n) is 5.00. The highest BCUT2D eigenvalue weighted by atomic mass is 32.2. The molecule has 0 saturated heterocycles. The van der Waals surface area contributed by atoms with Crippen molar-refractivity contribution in [2.75, 3.05) is 5.75 Å². The predicted molar refractivity (Wildman–Crippen MR) is 123 cm³/mol. The number of unbranched alkanes of at least 4 members (excludes halogenated alkanes) is 2. The van der Waals surface area contributed by atoms with E-state index in [1.807, 2.05) is 47.0 Å². The summed E-state index contributed by atoms with van der Waals surface area (Å²) in [6.45, 7) is 1.26. The molecule has 33 heavy (non-hydrogen) atoms. The Hall–Kier alpha value is -3.47. The van der Waals surface area contributed by atoms with Crippen LogP contribution in [0.2, 0.25) is 0 Å². The first-order valence-electron chi connectivity index (χ1n) is 10.9. The average molecular weight is 467 g/mol. The molecule has 4 rings (SSSR count). The molecule has 11 heteroatoms. The van der Waals surface area contributed by atoms with E-state index in [0.717, 1.165) is 53.9 Å². The summed E-state index contributed by atoms with van der Waals surface area (Å²) in [5.74, 6) is 2.75.